The summed E-state index contributed by atoms with van der Waals surface area (Å²) >= 11 is 0. The van der Waals surface area contributed by atoms with E-state index in [-0.39, 0.29) is 11.9 Å². The highest BCUT2D eigenvalue weighted by Gasteiger charge is 2.16. The largest absolute Gasteiger partial charge is 0.496 e. The molecule has 0 heterocycles. The first-order valence-electron chi connectivity index (χ1n) is 6.45. The number of rotatable bonds is 5. The second kappa shape index (κ2) is 6.73. The summed E-state index contributed by atoms with van der Waals surface area (Å²) in [5.41, 5.74) is 7.24. The molecule has 20 heavy (non-hydrogen) atoms. The smallest absolute Gasteiger partial charge is 0.255 e. The van der Waals surface area contributed by atoms with Crippen molar-refractivity contribution >= 4 is 5.91 Å². The van der Waals surface area contributed by atoms with Crippen molar-refractivity contribution in [1.82, 2.24) is 5.32 Å². The predicted octanol–water partition coefficient (Wildman–Crippen LogP) is 2.12. The van der Waals surface area contributed by atoms with Crippen molar-refractivity contribution in [2.75, 3.05) is 13.7 Å². The number of nitrogens with two attached hydrogens (primary N) is 1. The Labute approximate surface area is 118 Å². The molecular weight excluding hydrogens is 252 g/mol. The highest BCUT2D eigenvalue weighted by molar-refractivity contribution is 5.97. The molecule has 3 N–H and O–H groups in total. The molecule has 0 aliphatic heterocycles. The van der Waals surface area contributed by atoms with E-state index in [0.717, 1.165) is 5.56 Å². The van der Waals surface area contributed by atoms with Gasteiger partial charge < -0.3 is 15.8 Å². The van der Waals surface area contributed by atoms with E-state index in [2.05, 4.69) is 5.32 Å². The third-order valence-corrected chi connectivity index (χ3v) is 3.09. The van der Waals surface area contributed by atoms with Gasteiger partial charge >= 0.3 is 0 Å². The summed E-state index contributed by atoms with van der Waals surface area (Å²) in [6, 6.07) is 16.6. The molecule has 0 spiro atoms. The third-order valence-electron chi connectivity index (χ3n) is 3.09. The number of nitrogens with one attached hydrogen (secondary N) is 1. The van der Waals surface area contributed by atoms with Gasteiger partial charge in [-0.1, -0.05) is 42.5 Å². The first-order valence-corrected chi connectivity index (χ1v) is 6.45. The van der Waals surface area contributed by atoms with Crippen LogP contribution in [0, 0.1) is 0 Å². The van der Waals surface area contributed by atoms with Gasteiger partial charge in [-0.15, -0.1) is 0 Å². The molecule has 1 amide bonds. The Balaban J connectivity index is 2.18. The van der Waals surface area contributed by atoms with E-state index in [0.29, 0.717) is 17.9 Å². The zero-order valence-electron chi connectivity index (χ0n) is 11.4. The third kappa shape index (κ3) is 3.16. The Morgan fingerprint density at radius 2 is 1.80 bits per heavy atom. The molecule has 0 aromatic heterocycles. The number of para-hydroxylation sites is 1. The van der Waals surface area contributed by atoms with Crippen LogP contribution in [0.15, 0.2) is 54.6 Å². The SMILES string of the molecule is COc1ccccc1C(=O)NC(CN)c1ccccc1. The lowest BCUT2D eigenvalue weighted by Crippen LogP contribution is -2.33. The summed E-state index contributed by atoms with van der Waals surface area (Å²) < 4.78 is 5.20. The van der Waals surface area contributed by atoms with Crippen LogP contribution in [-0.4, -0.2) is 19.6 Å². The number of ether oxygens (including phenoxy) is 1. The molecule has 4 nitrogen and oxygen atoms in total. The van der Waals surface area contributed by atoms with Crippen LogP contribution in [0.2, 0.25) is 0 Å². The van der Waals surface area contributed by atoms with Crippen LogP contribution in [0.5, 0.6) is 5.75 Å². The first kappa shape index (κ1) is 14.1. The average Bonchev–Trinajstić information content (AvgIpc) is 2.53. The number of methoxy groups -OCH3 is 1. The van der Waals surface area contributed by atoms with Crippen LogP contribution in [0.3, 0.4) is 0 Å². The molecule has 0 saturated heterocycles. The molecule has 0 aliphatic carbocycles. The Morgan fingerprint density at radius 1 is 1.15 bits per heavy atom. The van der Waals surface area contributed by atoms with Crippen LogP contribution >= 0.6 is 0 Å². The molecule has 1 atom stereocenters. The molecule has 2 aromatic rings. The van der Waals surface area contributed by atoms with E-state index in [1.165, 1.54) is 0 Å². The quantitative estimate of drug-likeness (QED) is 0.874. The summed E-state index contributed by atoms with van der Waals surface area (Å²) in [4.78, 5) is 12.3. The van der Waals surface area contributed by atoms with Crippen LogP contribution in [-0.2, 0) is 0 Å². The molecule has 0 radical (unpaired) electrons. The minimum absolute atomic E-state index is 0.193. The van der Waals surface area contributed by atoms with Gasteiger partial charge in [0.2, 0.25) is 0 Å². The molecular formula is C16H18N2O2. The second-order valence-corrected chi connectivity index (χ2v) is 4.37. The van der Waals surface area contributed by atoms with E-state index in [1.807, 2.05) is 36.4 Å². The second-order valence-electron chi connectivity index (χ2n) is 4.37. The Morgan fingerprint density at radius 3 is 2.45 bits per heavy atom. The van der Waals surface area contributed by atoms with Crippen molar-refractivity contribution < 1.29 is 9.53 Å². The molecule has 0 fully saturated rings. The minimum atomic E-state index is -0.214. The van der Waals surface area contributed by atoms with Crippen molar-refractivity contribution in [3.05, 3.63) is 65.7 Å². The van der Waals surface area contributed by atoms with Crippen molar-refractivity contribution in [3.8, 4) is 5.75 Å². The maximum atomic E-state index is 12.3. The van der Waals surface area contributed by atoms with Crippen LogP contribution in [0.1, 0.15) is 22.0 Å². The van der Waals surface area contributed by atoms with Crippen LogP contribution in [0.4, 0.5) is 0 Å². The van der Waals surface area contributed by atoms with Gasteiger partial charge in [-0.2, -0.15) is 0 Å². The lowest BCUT2D eigenvalue weighted by Gasteiger charge is -2.18. The van der Waals surface area contributed by atoms with Gasteiger partial charge in [0.05, 0.1) is 18.7 Å². The number of amides is 1. The highest BCUT2D eigenvalue weighted by atomic mass is 16.5. The highest BCUT2D eigenvalue weighted by Crippen LogP contribution is 2.19. The van der Waals surface area contributed by atoms with Gasteiger partial charge in [-0.3, -0.25) is 4.79 Å². The number of carbonyl (C=O) groups is 1. The lowest BCUT2D eigenvalue weighted by molar-refractivity contribution is 0.0935. The van der Waals surface area contributed by atoms with Gasteiger partial charge in [0, 0.05) is 6.54 Å². The van der Waals surface area contributed by atoms with Crippen molar-refractivity contribution in [1.29, 1.82) is 0 Å². The Bertz CT molecular complexity index is 570. The standard InChI is InChI=1S/C16H18N2O2/c1-20-15-10-6-5-9-13(15)16(19)18-14(11-17)12-7-3-2-4-8-12/h2-10,14H,11,17H2,1H3,(H,18,19). The zero-order chi connectivity index (χ0) is 14.4. The Hall–Kier alpha value is -2.33. The topological polar surface area (TPSA) is 64.3 Å². The van der Waals surface area contributed by atoms with Crippen LogP contribution in [0.25, 0.3) is 0 Å². The molecule has 0 saturated carbocycles. The van der Waals surface area contributed by atoms with Gasteiger partial charge in [0.15, 0.2) is 0 Å². The van der Waals surface area contributed by atoms with E-state index in [9.17, 15) is 4.79 Å². The average molecular weight is 270 g/mol. The number of hydrogen-bond donors (Lipinski definition) is 2. The van der Waals surface area contributed by atoms with Gasteiger partial charge in [-0.05, 0) is 17.7 Å². The number of hydrogen-bond acceptors (Lipinski definition) is 3. The fourth-order valence-corrected chi connectivity index (χ4v) is 2.03. The maximum Gasteiger partial charge on any atom is 0.255 e. The molecule has 1 unspecified atom stereocenters. The van der Waals surface area contributed by atoms with E-state index in [4.69, 9.17) is 10.5 Å². The van der Waals surface area contributed by atoms with E-state index < -0.39 is 0 Å². The maximum absolute atomic E-state index is 12.3. The Kier molecular flexibility index (Phi) is 4.74. The monoisotopic (exact) mass is 270 g/mol. The van der Waals surface area contributed by atoms with Gasteiger partial charge in [-0.25, -0.2) is 0 Å². The molecule has 2 rings (SSSR count). The molecule has 0 bridgehead atoms. The molecule has 4 heteroatoms. The first-order chi connectivity index (χ1) is 9.76. The van der Waals surface area contributed by atoms with Gasteiger partial charge in [0.1, 0.15) is 5.75 Å². The fourth-order valence-electron chi connectivity index (χ4n) is 2.03. The number of carbonyl (C=O) groups excluding carboxylic acids is 1. The van der Waals surface area contributed by atoms with E-state index >= 15 is 0 Å². The van der Waals surface area contributed by atoms with Crippen molar-refractivity contribution in [2.24, 2.45) is 5.73 Å². The van der Waals surface area contributed by atoms with Crippen molar-refractivity contribution in [2.45, 2.75) is 6.04 Å². The number of benzene rings is 2. The normalized spacial score (nSPS) is 11.7. The van der Waals surface area contributed by atoms with E-state index in [1.54, 1.807) is 25.3 Å². The molecule has 2 aromatic carbocycles. The summed E-state index contributed by atoms with van der Waals surface area (Å²) in [7, 11) is 1.55. The van der Waals surface area contributed by atoms with Crippen LogP contribution < -0.4 is 15.8 Å². The lowest BCUT2D eigenvalue weighted by atomic mass is 10.1. The summed E-state index contributed by atoms with van der Waals surface area (Å²) in [6.07, 6.45) is 0. The minimum Gasteiger partial charge on any atom is -0.496 e. The zero-order valence-corrected chi connectivity index (χ0v) is 11.4. The molecule has 0 aliphatic rings. The summed E-state index contributed by atoms with van der Waals surface area (Å²) in [5, 5.41) is 2.93. The van der Waals surface area contributed by atoms with Crippen molar-refractivity contribution in [3.63, 3.8) is 0 Å². The predicted molar refractivity (Wildman–Crippen MR) is 78.7 cm³/mol. The molecule has 104 valence electrons. The fraction of sp³-hybridized carbons (Fsp3) is 0.188. The van der Waals surface area contributed by atoms with Gasteiger partial charge in [0.25, 0.3) is 5.91 Å². The summed E-state index contributed by atoms with van der Waals surface area (Å²) in [5.74, 6) is 0.357. The summed E-state index contributed by atoms with van der Waals surface area (Å²) in [6.45, 7) is 0.338.